The smallest absolute Gasteiger partial charge is 0.339 e. The highest BCUT2D eigenvalue weighted by atomic mass is 32.2. The lowest BCUT2D eigenvalue weighted by Crippen LogP contribution is -2.43. The Hall–Kier alpha value is -1.93. The molecule has 0 unspecified atom stereocenters. The largest absolute Gasteiger partial charge is 0.550 e. The molecule has 0 radical (unpaired) electrons. The van der Waals surface area contributed by atoms with Crippen LogP contribution in [-0.2, 0) is 19.6 Å². The van der Waals surface area contributed by atoms with E-state index in [0.717, 1.165) is 0 Å². The molecule has 1 aliphatic heterocycles. The number of carboxylic acid groups (broad SMARTS) is 1. The second-order valence-corrected chi connectivity index (χ2v) is 6.89. The molecule has 0 bridgehead atoms. The third-order valence-electron chi connectivity index (χ3n) is 3.70. The molecular weight excluding hydrogens is 310 g/mol. The number of piperidine rings is 1. The van der Waals surface area contributed by atoms with Gasteiger partial charge in [-0.15, -0.1) is 0 Å². The zero-order valence-corrected chi connectivity index (χ0v) is 12.8. The molecule has 0 atom stereocenters. The standard InChI is InChI=1S/C14H17NO6S/c1-21-14(18)11-4-2-3-5-12(11)22(19,20)15-8-6-10(7-9-15)13(16)17/h2-5,10H,6-9H2,1H3,(H,16,17)/p-1. The maximum atomic E-state index is 12.7. The monoisotopic (exact) mass is 326 g/mol. The number of hydrogen-bond acceptors (Lipinski definition) is 6. The second-order valence-electron chi connectivity index (χ2n) is 4.99. The van der Waals surface area contributed by atoms with Crippen LogP contribution < -0.4 is 5.11 Å². The van der Waals surface area contributed by atoms with Crippen LogP contribution in [0, 0.1) is 5.92 Å². The highest BCUT2D eigenvalue weighted by Crippen LogP contribution is 2.26. The lowest BCUT2D eigenvalue weighted by molar-refractivity contribution is -0.312. The first-order valence-electron chi connectivity index (χ1n) is 6.76. The Bertz CT molecular complexity index is 676. The summed E-state index contributed by atoms with van der Waals surface area (Å²) >= 11 is 0. The molecule has 0 aromatic heterocycles. The van der Waals surface area contributed by atoms with Crippen molar-refractivity contribution >= 4 is 22.0 Å². The van der Waals surface area contributed by atoms with Crippen molar-refractivity contribution in [3.8, 4) is 0 Å². The van der Waals surface area contributed by atoms with Crippen molar-refractivity contribution in [1.82, 2.24) is 4.31 Å². The molecule has 22 heavy (non-hydrogen) atoms. The molecule has 1 saturated heterocycles. The molecule has 1 aliphatic rings. The summed E-state index contributed by atoms with van der Waals surface area (Å²) in [5.41, 5.74) is -0.0352. The van der Waals surface area contributed by atoms with Crippen LogP contribution in [-0.4, -0.2) is 44.9 Å². The van der Waals surface area contributed by atoms with E-state index in [4.69, 9.17) is 0 Å². The Morgan fingerprint density at radius 3 is 2.36 bits per heavy atom. The van der Waals surface area contributed by atoms with E-state index >= 15 is 0 Å². The van der Waals surface area contributed by atoms with E-state index < -0.39 is 27.9 Å². The van der Waals surface area contributed by atoms with E-state index in [2.05, 4.69) is 4.74 Å². The molecule has 2 rings (SSSR count). The Balaban J connectivity index is 2.29. The molecule has 1 fully saturated rings. The number of aliphatic carboxylic acids is 1. The van der Waals surface area contributed by atoms with Crippen LogP contribution in [0.3, 0.4) is 0 Å². The van der Waals surface area contributed by atoms with Crippen LogP contribution in [0.4, 0.5) is 0 Å². The minimum atomic E-state index is -3.88. The number of carbonyl (C=O) groups excluding carboxylic acids is 2. The molecule has 0 spiro atoms. The Morgan fingerprint density at radius 2 is 1.82 bits per heavy atom. The first-order chi connectivity index (χ1) is 10.4. The number of sulfonamides is 1. The fraction of sp³-hybridized carbons (Fsp3) is 0.429. The molecule has 0 aliphatic carbocycles. The first-order valence-corrected chi connectivity index (χ1v) is 8.20. The quantitative estimate of drug-likeness (QED) is 0.699. The van der Waals surface area contributed by atoms with Crippen molar-refractivity contribution in [2.75, 3.05) is 20.2 Å². The minimum absolute atomic E-state index is 0.0352. The fourth-order valence-corrected chi connectivity index (χ4v) is 4.09. The lowest BCUT2D eigenvalue weighted by atomic mass is 9.99. The van der Waals surface area contributed by atoms with Crippen molar-refractivity contribution in [1.29, 1.82) is 0 Å². The third-order valence-corrected chi connectivity index (χ3v) is 5.65. The summed E-state index contributed by atoms with van der Waals surface area (Å²) in [4.78, 5) is 22.4. The highest BCUT2D eigenvalue weighted by Gasteiger charge is 2.32. The normalized spacial score (nSPS) is 17.1. The molecule has 0 amide bonds. The maximum Gasteiger partial charge on any atom is 0.339 e. The number of nitrogens with zero attached hydrogens (tertiary/aromatic N) is 1. The summed E-state index contributed by atoms with van der Waals surface area (Å²) in [7, 11) is -2.70. The van der Waals surface area contributed by atoms with Gasteiger partial charge in [0.1, 0.15) is 0 Å². The van der Waals surface area contributed by atoms with Gasteiger partial charge in [-0.05, 0) is 25.0 Å². The fourth-order valence-electron chi connectivity index (χ4n) is 2.44. The lowest BCUT2D eigenvalue weighted by Gasteiger charge is -2.31. The maximum absolute atomic E-state index is 12.7. The molecule has 0 saturated carbocycles. The molecule has 8 heteroatoms. The van der Waals surface area contributed by atoms with Gasteiger partial charge in [-0.3, -0.25) is 0 Å². The molecule has 1 heterocycles. The van der Waals surface area contributed by atoms with Crippen molar-refractivity contribution in [3.05, 3.63) is 29.8 Å². The number of carboxylic acids is 1. The summed E-state index contributed by atoms with van der Waals surface area (Å²) in [6.07, 6.45) is 0.393. The van der Waals surface area contributed by atoms with Gasteiger partial charge in [-0.2, -0.15) is 4.31 Å². The summed E-state index contributed by atoms with van der Waals surface area (Å²) in [5.74, 6) is -2.53. The number of esters is 1. The Morgan fingerprint density at radius 1 is 1.23 bits per heavy atom. The van der Waals surface area contributed by atoms with Crippen molar-refractivity contribution in [2.24, 2.45) is 5.92 Å². The van der Waals surface area contributed by atoms with Crippen LogP contribution in [0.15, 0.2) is 29.2 Å². The van der Waals surface area contributed by atoms with Gasteiger partial charge < -0.3 is 14.6 Å². The summed E-state index contributed by atoms with van der Waals surface area (Å²) in [6, 6.07) is 5.79. The predicted molar refractivity (Wildman–Crippen MR) is 74.3 cm³/mol. The molecule has 7 nitrogen and oxygen atoms in total. The predicted octanol–water partition coefficient (Wildman–Crippen LogP) is -0.376. The zero-order chi connectivity index (χ0) is 16.3. The van der Waals surface area contributed by atoms with Crippen molar-refractivity contribution < 1.29 is 27.9 Å². The van der Waals surface area contributed by atoms with Gasteiger partial charge in [0, 0.05) is 25.0 Å². The van der Waals surface area contributed by atoms with E-state index in [-0.39, 0.29) is 36.4 Å². The summed E-state index contributed by atoms with van der Waals surface area (Å²) in [5, 5.41) is 10.8. The Kier molecular flexibility index (Phi) is 4.82. The Labute approximate surface area is 128 Å². The van der Waals surface area contributed by atoms with Crippen LogP contribution in [0.1, 0.15) is 23.2 Å². The molecule has 0 N–H and O–H groups in total. The van der Waals surface area contributed by atoms with E-state index in [0.29, 0.717) is 0 Å². The van der Waals surface area contributed by atoms with E-state index in [1.807, 2.05) is 0 Å². The number of ether oxygens (including phenoxy) is 1. The average molecular weight is 326 g/mol. The van der Waals surface area contributed by atoms with E-state index in [1.54, 1.807) is 6.07 Å². The first kappa shape index (κ1) is 16.4. The molecule has 120 valence electrons. The summed E-state index contributed by atoms with van der Waals surface area (Å²) < 4.78 is 31.1. The van der Waals surface area contributed by atoms with E-state index in [9.17, 15) is 23.1 Å². The van der Waals surface area contributed by atoms with Crippen molar-refractivity contribution in [2.45, 2.75) is 17.7 Å². The van der Waals surface area contributed by atoms with Crippen molar-refractivity contribution in [3.63, 3.8) is 0 Å². The molecule has 1 aromatic carbocycles. The average Bonchev–Trinajstić information content (AvgIpc) is 2.54. The van der Waals surface area contributed by atoms with Crippen LogP contribution in [0.5, 0.6) is 0 Å². The van der Waals surface area contributed by atoms with Crippen LogP contribution >= 0.6 is 0 Å². The van der Waals surface area contributed by atoms with Gasteiger partial charge in [0.25, 0.3) is 0 Å². The second kappa shape index (κ2) is 6.45. The minimum Gasteiger partial charge on any atom is -0.550 e. The van der Waals surface area contributed by atoms with Crippen LogP contribution in [0.25, 0.3) is 0 Å². The topological polar surface area (TPSA) is 104 Å². The van der Waals surface area contributed by atoms with Gasteiger partial charge in [-0.25, -0.2) is 13.2 Å². The SMILES string of the molecule is COC(=O)c1ccccc1S(=O)(=O)N1CCC(C(=O)[O-])CC1. The molecule has 1 aromatic rings. The number of methoxy groups -OCH3 is 1. The van der Waals surface area contributed by atoms with E-state index in [1.165, 1.54) is 29.6 Å². The summed E-state index contributed by atoms with van der Waals surface area (Å²) in [6.45, 7) is 0.160. The van der Waals surface area contributed by atoms with Crippen LogP contribution in [0.2, 0.25) is 0 Å². The number of carbonyl (C=O) groups is 2. The van der Waals surface area contributed by atoms with Gasteiger partial charge in [0.05, 0.1) is 17.6 Å². The van der Waals surface area contributed by atoms with Gasteiger partial charge >= 0.3 is 5.97 Å². The highest BCUT2D eigenvalue weighted by molar-refractivity contribution is 7.89. The molecular formula is C14H16NO6S-. The van der Waals surface area contributed by atoms with Gasteiger partial charge in [0.2, 0.25) is 10.0 Å². The number of benzene rings is 1. The number of hydrogen-bond donors (Lipinski definition) is 0. The zero-order valence-electron chi connectivity index (χ0n) is 12.0. The number of rotatable bonds is 4. The van der Waals surface area contributed by atoms with Gasteiger partial charge in [0.15, 0.2) is 0 Å². The third kappa shape index (κ3) is 3.12. The van der Waals surface area contributed by atoms with Gasteiger partial charge in [-0.1, -0.05) is 12.1 Å².